The van der Waals surface area contributed by atoms with Crippen molar-refractivity contribution in [1.82, 2.24) is 4.90 Å². The molecule has 0 aliphatic heterocycles. The highest BCUT2D eigenvalue weighted by atomic mass is 16.5. The Kier molecular flexibility index (Phi) is 7.46. The van der Waals surface area contributed by atoms with E-state index < -0.39 is 5.91 Å². The predicted molar refractivity (Wildman–Crippen MR) is 93.8 cm³/mol. The van der Waals surface area contributed by atoms with Crippen LogP contribution in [0.4, 0.5) is 0 Å². The van der Waals surface area contributed by atoms with E-state index in [9.17, 15) is 9.59 Å². The standard InChI is InChI=1S/C19H22N2O4/c20-18(22)14-21(13-16-7-3-1-4-8-16)19(23)15-24-11-12-25-17-9-5-2-6-10-17/h1-10H,11-15H2,(H2,20,22). The molecule has 6 nitrogen and oxygen atoms in total. The highest BCUT2D eigenvalue weighted by Crippen LogP contribution is 2.08. The predicted octanol–water partition coefficient (Wildman–Crippen LogP) is 1.60. The molecule has 0 bridgehead atoms. The van der Waals surface area contributed by atoms with Crippen LogP contribution >= 0.6 is 0 Å². The quantitative estimate of drug-likeness (QED) is 0.665. The summed E-state index contributed by atoms with van der Waals surface area (Å²) in [5.74, 6) is -0.101. The number of carbonyl (C=O) groups excluding carboxylic acids is 2. The molecule has 0 heterocycles. The number of carbonyl (C=O) groups is 2. The largest absolute Gasteiger partial charge is 0.491 e. The van der Waals surface area contributed by atoms with Crippen LogP contribution in [-0.2, 0) is 20.9 Å². The molecule has 132 valence electrons. The molecule has 0 aromatic heterocycles. The average molecular weight is 342 g/mol. The minimum atomic E-state index is -0.559. The Balaban J connectivity index is 1.75. The van der Waals surface area contributed by atoms with Crippen LogP contribution in [0.5, 0.6) is 5.75 Å². The molecule has 0 radical (unpaired) electrons. The molecule has 2 rings (SSSR count). The number of para-hydroxylation sites is 1. The minimum Gasteiger partial charge on any atom is -0.491 e. The summed E-state index contributed by atoms with van der Waals surface area (Å²) < 4.78 is 10.8. The van der Waals surface area contributed by atoms with Gasteiger partial charge in [-0.3, -0.25) is 9.59 Å². The minimum absolute atomic E-state index is 0.127. The van der Waals surface area contributed by atoms with Gasteiger partial charge in [-0.1, -0.05) is 48.5 Å². The number of ether oxygens (including phenoxy) is 2. The third kappa shape index (κ3) is 7.05. The van der Waals surface area contributed by atoms with Crippen molar-refractivity contribution in [3.8, 4) is 5.75 Å². The third-order valence-electron chi connectivity index (χ3n) is 3.38. The highest BCUT2D eigenvalue weighted by Gasteiger charge is 2.16. The summed E-state index contributed by atoms with van der Waals surface area (Å²) in [5.41, 5.74) is 6.15. The van der Waals surface area contributed by atoms with Crippen molar-refractivity contribution in [2.24, 2.45) is 5.73 Å². The maximum atomic E-state index is 12.3. The topological polar surface area (TPSA) is 81.9 Å². The Morgan fingerprint density at radius 1 is 0.920 bits per heavy atom. The van der Waals surface area contributed by atoms with Gasteiger partial charge in [-0.25, -0.2) is 0 Å². The molecule has 0 atom stereocenters. The van der Waals surface area contributed by atoms with Crippen LogP contribution in [0.2, 0.25) is 0 Å². The van der Waals surface area contributed by atoms with Gasteiger partial charge in [0.15, 0.2) is 0 Å². The fourth-order valence-corrected chi connectivity index (χ4v) is 2.21. The number of rotatable bonds is 10. The lowest BCUT2D eigenvalue weighted by Gasteiger charge is -2.21. The Morgan fingerprint density at radius 2 is 1.56 bits per heavy atom. The van der Waals surface area contributed by atoms with Crippen LogP contribution in [0, 0.1) is 0 Å². The number of hydrogen-bond acceptors (Lipinski definition) is 4. The molecule has 25 heavy (non-hydrogen) atoms. The van der Waals surface area contributed by atoms with Crippen LogP contribution in [0.1, 0.15) is 5.56 Å². The second kappa shape index (κ2) is 10.1. The normalized spacial score (nSPS) is 10.2. The van der Waals surface area contributed by atoms with Gasteiger partial charge in [0.05, 0.1) is 13.2 Å². The van der Waals surface area contributed by atoms with Gasteiger partial charge >= 0.3 is 0 Å². The van der Waals surface area contributed by atoms with Gasteiger partial charge < -0.3 is 20.1 Å². The summed E-state index contributed by atoms with van der Waals surface area (Å²) in [6.07, 6.45) is 0. The molecule has 0 saturated carbocycles. The lowest BCUT2D eigenvalue weighted by molar-refractivity contribution is -0.140. The van der Waals surface area contributed by atoms with E-state index in [1.165, 1.54) is 4.90 Å². The number of benzene rings is 2. The molecule has 0 spiro atoms. The molecule has 2 N–H and O–H groups in total. The first-order chi connectivity index (χ1) is 12.1. The van der Waals surface area contributed by atoms with E-state index in [1.54, 1.807) is 0 Å². The molecule has 0 aliphatic carbocycles. The summed E-state index contributed by atoms with van der Waals surface area (Å²) in [6, 6.07) is 18.8. The number of amides is 2. The van der Waals surface area contributed by atoms with E-state index in [0.717, 1.165) is 11.3 Å². The number of primary amides is 1. The zero-order valence-electron chi connectivity index (χ0n) is 14.0. The molecule has 0 aliphatic rings. The third-order valence-corrected chi connectivity index (χ3v) is 3.38. The van der Waals surface area contributed by atoms with E-state index >= 15 is 0 Å². The van der Waals surface area contributed by atoms with Crippen LogP contribution in [0.3, 0.4) is 0 Å². The van der Waals surface area contributed by atoms with Gasteiger partial charge in [-0.15, -0.1) is 0 Å². The van der Waals surface area contributed by atoms with E-state index in [-0.39, 0.29) is 25.7 Å². The molecule has 6 heteroatoms. The molecule has 0 unspecified atom stereocenters. The van der Waals surface area contributed by atoms with E-state index in [2.05, 4.69) is 0 Å². The maximum Gasteiger partial charge on any atom is 0.249 e. The zero-order valence-corrected chi connectivity index (χ0v) is 14.0. The lowest BCUT2D eigenvalue weighted by Crippen LogP contribution is -2.40. The number of nitrogens with zero attached hydrogens (tertiary/aromatic N) is 1. The zero-order chi connectivity index (χ0) is 17.9. The van der Waals surface area contributed by atoms with Gasteiger partial charge in [0, 0.05) is 6.54 Å². The van der Waals surface area contributed by atoms with Gasteiger partial charge in [-0.05, 0) is 17.7 Å². The van der Waals surface area contributed by atoms with Crippen molar-refractivity contribution in [2.45, 2.75) is 6.54 Å². The summed E-state index contributed by atoms with van der Waals surface area (Å²) in [4.78, 5) is 24.9. The SMILES string of the molecule is NC(=O)CN(Cc1ccccc1)C(=O)COCCOc1ccccc1. The van der Waals surface area contributed by atoms with Crippen LogP contribution in [0.25, 0.3) is 0 Å². The van der Waals surface area contributed by atoms with Crippen LogP contribution < -0.4 is 10.5 Å². The van der Waals surface area contributed by atoms with Gasteiger partial charge in [0.1, 0.15) is 19.0 Å². The second-order valence-corrected chi connectivity index (χ2v) is 5.42. The molecule has 2 aromatic carbocycles. The molecule has 0 fully saturated rings. The molecule has 2 aromatic rings. The first-order valence-corrected chi connectivity index (χ1v) is 8.01. The monoisotopic (exact) mass is 342 g/mol. The van der Waals surface area contributed by atoms with E-state index in [0.29, 0.717) is 13.2 Å². The van der Waals surface area contributed by atoms with Crippen molar-refractivity contribution in [3.63, 3.8) is 0 Å². The Morgan fingerprint density at radius 3 is 2.20 bits per heavy atom. The van der Waals surface area contributed by atoms with E-state index in [4.69, 9.17) is 15.2 Å². The fraction of sp³-hybridized carbons (Fsp3) is 0.263. The summed E-state index contributed by atoms with van der Waals surface area (Å²) in [7, 11) is 0. The van der Waals surface area contributed by atoms with Crippen LogP contribution in [0.15, 0.2) is 60.7 Å². The molecule has 2 amide bonds. The van der Waals surface area contributed by atoms with Gasteiger partial charge in [0.25, 0.3) is 0 Å². The second-order valence-electron chi connectivity index (χ2n) is 5.42. The number of hydrogen-bond donors (Lipinski definition) is 1. The summed E-state index contributed by atoms with van der Waals surface area (Å²) in [5, 5.41) is 0. The van der Waals surface area contributed by atoms with Crippen molar-refractivity contribution < 1.29 is 19.1 Å². The van der Waals surface area contributed by atoms with Gasteiger partial charge in [0.2, 0.25) is 11.8 Å². The highest BCUT2D eigenvalue weighted by molar-refractivity contribution is 5.84. The van der Waals surface area contributed by atoms with Crippen molar-refractivity contribution >= 4 is 11.8 Å². The maximum absolute atomic E-state index is 12.3. The van der Waals surface area contributed by atoms with Gasteiger partial charge in [-0.2, -0.15) is 0 Å². The Bertz CT molecular complexity index is 662. The van der Waals surface area contributed by atoms with Crippen molar-refractivity contribution in [1.29, 1.82) is 0 Å². The van der Waals surface area contributed by atoms with Crippen molar-refractivity contribution in [2.75, 3.05) is 26.4 Å². The first kappa shape index (κ1) is 18.5. The first-order valence-electron chi connectivity index (χ1n) is 8.01. The van der Waals surface area contributed by atoms with E-state index in [1.807, 2.05) is 60.7 Å². The summed E-state index contributed by atoms with van der Waals surface area (Å²) >= 11 is 0. The smallest absolute Gasteiger partial charge is 0.249 e. The Hall–Kier alpha value is -2.86. The molecular formula is C19H22N2O4. The molecule has 0 saturated heterocycles. The summed E-state index contributed by atoms with van der Waals surface area (Å²) in [6.45, 7) is 0.657. The average Bonchev–Trinajstić information content (AvgIpc) is 2.62. The Labute approximate surface area is 147 Å². The van der Waals surface area contributed by atoms with Crippen molar-refractivity contribution in [3.05, 3.63) is 66.2 Å². The fourth-order valence-electron chi connectivity index (χ4n) is 2.21. The lowest BCUT2D eigenvalue weighted by atomic mass is 10.2. The van der Waals surface area contributed by atoms with Crippen LogP contribution in [-0.4, -0.2) is 43.1 Å². The number of nitrogens with two attached hydrogens (primary N) is 1. The molecular weight excluding hydrogens is 320 g/mol.